The van der Waals surface area contributed by atoms with Crippen LogP contribution in [0, 0.1) is 40.4 Å². The summed E-state index contributed by atoms with van der Waals surface area (Å²) in [6, 6.07) is 6.01. The van der Waals surface area contributed by atoms with Gasteiger partial charge in [-0.1, -0.05) is 26.0 Å². The van der Waals surface area contributed by atoms with Crippen LogP contribution in [-0.2, 0) is 28.5 Å². The summed E-state index contributed by atoms with van der Waals surface area (Å²) in [6.07, 6.45) is -0.287. The molecular formula is C36H48N2O10. The summed E-state index contributed by atoms with van der Waals surface area (Å²) in [5, 5.41) is 38.0. The molecule has 12 nitrogen and oxygen atoms in total. The number of imide groups is 1. The molecule has 1 spiro atoms. The van der Waals surface area contributed by atoms with E-state index in [1.165, 1.54) is 0 Å². The summed E-state index contributed by atoms with van der Waals surface area (Å²) in [5.74, 6) is -3.18. The van der Waals surface area contributed by atoms with Gasteiger partial charge in [-0.25, -0.2) is 9.69 Å². The number of likely N-dealkylation sites (tertiary alicyclic amines) is 1. The van der Waals surface area contributed by atoms with Gasteiger partial charge in [0, 0.05) is 75.2 Å². The molecule has 0 aromatic heterocycles. The number of amides is 2. The maximum absolute atomic E-state index is 14.0. The van der Waals surface area contributed by atoms with Crippen molar-refractivity contribution >= 4 is 23.5 Å². The quantitative estimate of drug-likeness (QED) is 0.272. The van der Waals surface area contributed by atoms with E-state index < -0.39 is 64.2 Å². The molecule has 2 unspecified atom stereocenters. The van der Waals surface area contributed by atoms with Crippen molar-refractivity contribution in [2.45, 2.75) is 87.6 Å². The van der Waals surface area contributed by atoms with Gasteiger partial charge in [0.05, 0.1) is 48.3 Å². The number of aliphatic hydroxyl groups is 3. The van der Waals surface area contributed by atoms with Crippen molar-refractivity contribution < 1.29 is 48.7 Å². The fourth-order valence-electron chi connectivity index (χ4n) is 12.9. The summed E-state index contributed by atoms with van der Waals surface area (Å²) in [7, 11) is 4.87. The molecule has 14 atom stereocenters. The number of esters is 1. The molecule has 8 rings (SSSR count). The first kappa shape index (κ1) is 32.7. The van der Waals surface area contributed by atoms with E-state index in [0.717, 1.165) is 4.90 Å². The van der Waals surface area contributed by atoms with Gasteiger partial charge in [0.2, 0.25) is 11.8 Å². The lowest BCUT2D eigenvalue weighted by Gasteiger charge is -2.70. The summed E-state index contributed by atoms with van der Waals surface area (Å²) in [5.41, 5.74) is -4.53. The Hall–Kier alpha value is -2.45. The van der Waals surface area contributed by atoms with Crippen molar-refractivity contribution in [3.05, 3.63) is 29.8 Å². The zero-order valence-electron chi connectivity index (χ0n) is 28.3. The lowest BCUT2D eigenvalue weighted by atomic mass is 9.42. The Morgan fingerprint density at radius 1 is 1.08 bits per heavy atom. The molecule has 7 bridgehead atoms. The van der Waals surface area contributed by atoms with Crippen LogP contribution >= 0.6 is 0 Å². The number of carbonyl (C=O) groups is 3. The summed E-state index contributed by atoms with van der Waals surface area (Å²) in [4.78, 5) is 43.1. The van der Waals surface area contributed by atoms with Crippen LogP contribution in [-0.4, -0.2) is 121 Å². The van der Waals surface area contributed by atoms with E-state index in [1.807, 2.05) is 6.92 Å². The molecule has 1 aromatic carbocycles. The van der Waals surface area contributed by atoms with Crippen LogP contribution in [0.2, 0.25) is 0 Å². The Bertz CT molecular complexity index is 1540. The van der Waals surface area contributed by atoms with Gasteiger partial charge in [-0.2, -0.15) is 0 Å². The number of hydrogen-bond donors (Lipinski definition) is 3. The normalized spacial score (nSPS) is 48.7. The second-order valence-corrected chi connectivity index (χ2v) is 15.7. The summed E-state index contributed by atoms with van der Waals surface area (Å²) < 4.78 is 24.8. The topological polar surface area (TPSA) is 155 Å². The number of fused-ring (bicyclic) bond motifs is 2. The molecule has 48 heavy (non-hydrogen) atoms. The van der Waals surface area contributed by atoms with Gasteiger partial charge in [0.15, 0.2) is 0 Å². The van der Waals surface area contributed by atoms with Gasteiger partial charge in [0.25, 0.3) is 0 Å². The Labute approximate surface area is 280 Å². The van der Waals surface area contributed by atoms with Crippen molar-refractivity contribution in [1.29, 1.82) is 0 Å². The predicted molar refractivity (Wildman–Crippen MR) is 170 cm³/mol. The van der Waals surface area contributed by atoms with E-state index in [-0.39, 0.29) is 66.4 Å². The number of rotatable bonds is 8. The van der Waals surface area contributed by atoms with E-state index in [4.69, 9.17) is 18.9 Å². The molecular weight excluding hydrogens is 620 g/mol. The third-order valence-corrected chi connectivity index (χ3v) is 14.3. The summed E-state index contributed by atoms with van der Waals surface area (Å²) in [6.45, 7) is 4.81. The molecule has 1 aromatic rings. The Kier molecular flexibility index (Phi) is 7.35. The Morgan fingerprint density at radius 2 is 1.83 bits per heavy atom. The number of hydrogen-bond acceptors (Lipinski definition) is 11. The lowest BCUT2D eigenvalue weighted by Crippen LogP contribution is -2.82. The SMILES string of the molecule is CCN1C[C@]2(COC(=O)c3ccccc3N3C(=O)CC(C)C3=O)CC[C@H](OC)[C@]34C1[C@](O)([C@@H](OC)[C@H]23)[C@@]1(O)C[C@H](OC)[C@H]2C[C@@H]4[C@@H]1[C@H]2O. The first-order chi connectivity index (χ1) is 22.9. The maximum atomic E-state index is 14.0. The van der Waals surface area contributed by atoms with Crippen molar-refractivity contribution in [2.75, 3.05) is 45.9 Å². The minimum Gasteiger partial charge on any atom is -0.461 e. The number of ether oxygens (including phenoxy) is 4. The highest BCUT2D eigenvalue weighted by Gasteiger charge is 2.91. The van der Waals surface area contributed by atoms with Crippen LogP contribution in [0.5, 0.6) is 0 Å². The number of anilines is 1. The smallest absolute Gasteiger partial charge is 0.340 e. The minimum absolute atomic E-state index is 0.00294. The van der Waals surface area contributed by atoms with Gasteiger partial charge in [0.1, 0.15) is 11.2 Å². The average Bonchev–Trinajstić information content (AvgIpc) is 3.56. The number of benzene rings is 1. The first-order valence-electron chi connectivity index (χ1n) is 17.5. The second-order valence-electron chi connectivity index (χ2n) is 15.7. The molecule has 5 aliphatic carbocycles. The Morgan fingerprint density at radius 3 is 2.48 bits per heavy atom. The maximum Gasteiger partial charge on any atom is 0.340 e. The van der Waals surface area contributed by atoms with Gasteiger partial charge < -0.3 is 34.3 Å². The van der Waals surface area contributed by atoms with Crippen LogP contribution in [0.1, 0.15) is 56.3 Å². The van der Waals surface area contributed by atoms with Crippen LogP contribution in [0.3, 0.4) is 0 Å². The van der Waals surface area contributed by atoms with Crippen molar-refractivity contribution in [3.63, 3.8) is 0 Å². The highest BCUT2D eigenvalue weighted by molar-refractivity contribution is 6.22. The van der Waals surface area contributed by atoms with Crippen molar-refractivity contribution in [2.24, 2.45) is 40.4 Å². The Balaban J connectivity index is 1.23. The second kappa shape index (κ2) is 10.8. The number of likely N-dealkylation sites (N-methyl/N-ethyl adjacent to an activating group) is 1. The van der Waals surface area contributed by atoms with E-state index in [2.05, 4.69) is 4.90 Å². The van der Waals surface area contributed by atoms with E-state index in [1.54, 1.807) is 52.5 Å². The molecule has 5 saturated carbocycles. The molecule has 7 aliphatic rings. The minimum atomic E-state index is -1.77. The molecule has 262 valence electrons. The zero-order chi connectivity index (χ0) is 34.1. The molecule has 2 saturated heterocycles. The lowest BCUT2D eigenvalue weighted by molar-refractivity contribution is -0.318. The number of aliphatic hydroxyl groups excluding tert-OH is 1. The fourth-order valence-corrected chi connectivity index (χ4v) is 12.9. The van der Waals surface area contributed by atoms with Gasteiger partial charge in [-0.15, -0.1) is 0 Å². The number of methoxy groups -OCH3 is 3. The molecule has 12 heteroatoms. The molecule has 2 aliphatic heterocycles. The average molecular weight is 669 g/mol. The highest BCUT2D eigenvalue weighted by Crippen LogP contribution is 2.80. The molecule has 2 heterocycles. The third-order valence-electron chi connectivity index (χ3n) is 14.3. The van der Waals surface area contributed by atoms with Crippen LogP contribution in [0.15, 0.2) is 24.3 Å². The number of piperidine rings is 1. The third kappa shape index (κ3) is 3.62. The largest absolute Gasteiger partial charge is 0.461 e. The van der Waals surface area contributed by atoms with Crippen molar-refractivity contribution in [1.82, 2.24) is 4.90 Å². The van der Waals surface area contributed by atoms with Crippen LogP contribution < -0.4 is 4.90 Å². The van der Waals surface area contributed by atoms with E-state index in [0.29, 0.717) is 32.4 Å². The highest BCUT2D eigenvalue weighted by atomic mass is 16.5. The monoisotopic (exact) mass is 668 g/mol. The molecule has 3 N–H and O–H groups in total. The van der Waals surface area contributed by atoms with Crippen LogP contribution in [0.25, 0.3) is 0 Å². The van der Waals surface area contributed by atoms with Gasteiger partial charge in [-0.3, -0.25) is 14.5 Å². The number of nitrogens with zero attached hydrogens (tertiary/aromatic N) is 2. The van der Waals surface area contributed by atoms with E-state index in [9.17, 15) is 29.7 Å². The van der Waals surface area contributed by atoms with E-state index >= 15 is 0 Å². The summed E-state index contributed by atoms with van der Waals surface area (Å²) >= 11 is 0. The molecule has 7 fully saturated rings. The van der Waals surface area contributed by atoms with Gasteiger partial charge in [-0.05, 0) is 43.9 Å². The van der Waals surface area contributed by atoms with Crippen LogP contribution in [0.4, 0.5) is 5.69 Å². The van der Waals surface area contributed by atoms with Gasteiger partial charge >= 0.3 is 5.97 Å². The molecule has 0 radical (unpaired) electrons. The zero-order valence-corrected chi connectivity index (χ0v) is 28.3. The number of para-hydroxylation sites is 1. The molecule has 2 amide bonds. The predicted octanol–water partition coefficient (Wildman–Crippen LogP) is 1.38. The number of carbonyl (C=O) groups excluding carboxylic acids is 3. The fraction of sp³-hybridized carbons (Fsp3) is 0.750. The standard InChI is InChI=1S/C36H48N2O10/c1-6-37-16-33(17-48-31(42)19-9-7-8-10-22(19)38-25(39)13-18(2)30(38)41)12-11-24(46-4)35-21-14-20-23(45-3)15-34(43,26(21)27(20)40)36(44,32(35)37)29(47-5)28(33)35/h7-10,18,20-21,23-24,26-29,32,40,43-44H,6,11-17H2,1-5H3/t18?,20-,21-,23+,24+,26-,27+,28-,29+,32?,33+,34-,35+,36-/m1/s1. The first-order valence-corrected chi connectivity index (χ1v) is 17.5. The van der Waals surface area contributed by atoms with Crippen molar-refractivity contribution in [3.8, 4) is 0 Å².